The van der Waals surface area contributed by atoms with Crippen molar-refractivity contribution in [2.75, 3.05) is 24.7 Å². The van der Waals surface area contributed by atoms with Crippen molar-refractivity contribution in [3.8, 4) is 0 Å². The van der Waals surface area contributed by atoms with E-state index in [1.807, 2.05) is 9.47 Å². The second-order valence-corrected chi connectivity index (χ2v) is 8.13. The number of carboxylic acid groups (broad SMARTS) is 1. The van der Waals surface area contributed by atoms with Crippen LogP contribution in [0.2, 0.25) is 0 Å². The standard InChI is InChI=1S/C20H22FN3O4/c1-9-17-11(19(25)12(20(26)27)5-23(17)10-2-3-10)4-14(21)18(9)24-6-15(22)13-7-28-8-16(13)24/h4-5,10,13,15-16H,2-3,6-8,22H2,1H3,(H,26,27). The van der Waals surface area contributed by atoms with Crippen molar-refractivity contribution in [3.05, 3.63) is 39.4 Å². The average molecular weight is 387 g/mol. The van der Waals surface area contributed by atoms with Crippen molar-refractivity contribution in [1.82, 2.24) is 4.57 Å². The number of carbonyl (C=O) groups is 1. The molecule has 0 bridgehead atoms. The van der Waals surface area contributed by atoms with Gasteiger partial charge in [0.2, 0.25) is 5.43 Å². The summed E-state index contributed by atoms with van der Waals surface area (Å²) in [5.41, 5.74) is 7.00. The largest absolute Gasteiger partial charge is 0.477 e. The molecule has 3 unspecified atom stereocenters. The lowest BCUT2D eigenvalue weighted by Crippen LogP contribution is -2.34. The zero-order chi connectivity index (χ0) is 19.7. The summed E-state index contributed by atoms with van der Waals surface area (Å²) in [5, 5.41) is 9.53. The summed E-state index contributed by atoms with van der Waals surface area (Å²) in [7, 11) is 0. The lowest BCUT2D eigenvalue weighted by atomic mass is 10.00. The summed E-state index contributed by atoms with van der Waals surface area (Å²) in [6.45, 7) is 3.41. The van der Waals surface area contributed by atoms with E-state index < -0.39 is 17.2 Å². The number of ether oxygens (including phenoxy) is 1. The highest BCUT2D eigenvalue weighted by Crippen LogP contribution is 2.42. The van der Waals surface area contributed by atoms with E-state index in [0.717, 1.165) is 12.8 Å². The molecule has 0 radical (unpaired) electrons. The summed E-state index contributed by atoms with van der Waals surface area (Å²) < 4.78 is 22.7. The molecule has 8 heteroatoms. The third-order valence-corrected chi connectivity index (χ3v) is 6.39. The molecule has 1 aromatic heterocycles. The van der Waals surface area contributed by atoms with Crippen LogP contribution in [0.25, 0.3) is 10.9 Å². The molecule has 148 valence electrons. The Labute approximate surface area is 160 Å². The van der Waals surface area contributed by atoms with Crippen LogP contribution in [-0.2, 0) is 4.74 Å². The minimum atomic E-state index is -1.29. The number of halogens is 1. The third kappa shape index (κ3) is 2.41. The van der Waals surface area contributed by atoms with Gasteiger partial charge in [-0.25, -0.2) is 9.18 Å². The average Bonchev–Trinajstić information content (AvgIpc) is 3.28. The molecule has 3 atom stereocenters. The predicted octanol–water partition coefficient (Wildman–Crippen LogP) is 1.64. The summed E-state index contributed by atoms with van der Waals surface area (Å²) >= 11 is 0. The Balaban J connectivity index is 1.77. The first kappa shape index (κ1) is 17.6. The minimum Gasteiger partial charge on any atom is -0.477 e. The van der Waals surface area contributed by atoms with E-state index in [4.69, 9.17) is 10.5 Å². The molecule has 2 aliphatic heterocycles. The first-order valence-electron chi connectivity index (χ1n) is 9.59. The number of fused-ring (bicyclic) bond motifs is 2. The number of nitrogens with zero attached hydrogens (tertiary/aromatic N) is 2. The van der Waals surface area contributed by atoms with Gasteiger partial charge in [-0.1, -0.05) is 0 Å². The van der Waals surface area contributed by atoms with E-state index in [0.29, 0.717) is 36.5 Å². The second kappa shape index (κ2) is 6.02. The lowest BCUT2D eigenvalue weighted by molar-refractivity contribution is 0.0695. The van der Waals surface area contributed by atoms with Crippen LogP contribution in [0.3, 0.4) is 0 Å². The van der Waals surface area contributed by atoms with Crippen LogP contribution in [0.1, 0.15) is 34.8 Å². The molecule has 1 saturated carbocycles. The fourth-order valence-electron chi connectivity index (χ4n) is 4.86. The van der Waals surface area contributed by atoms with E-state index in [2.05, 4.69) is 0 Å². The summed E-state index contributed by atoms with van der Waals surface area (Å²) in [4.78, 5) is 26.2. The van der Waals surface area contributed by atoms with E-state index in [9.17, 15) is 14.7 Å². The van der Waals surface area contributed by atoms with E-state index >= 15 is 4.39 Å². The summed E-state index contributed by atoms with van der Waals surface area (Å²) in [5.74, 6) is -1.65. The molecular formula is C20H22FN3O4. The molecule has 2 saturated heterocycles. The van der Waals surface area contributed by atoms with Crippen LogP contribution in [0.15, 0.2) is 17.1 Å². The quantitative estimate of drug-likeness (QED) is 0.831. The number of aryl methyl sites for hydroxylation is 1. The number of benzene rings is 1. The Hall–Kier alpha value is -2.45. The highest BCUT2D eigenvalue weighted by Gasteiger charge is 2.45. The first-order valence-corrected chi connectivity index (χ1v) is 9.59. The number of aromatic carboxylic acids is 1. The van der Waals surface area contributed by atoms with Crippen molar-refractivity contribution >= 4 is 22.6 Å². The van der Waals surface area contributed by atoms with Crippen molar-refractivity contribution < 1.29 is 19.0 Å². The number of carboxylic acids is 1. The monoisotopic (exact) mass is 387 g/mol. The molecular weight excluding hydrogens is 365 g/mol. The van der Waals surface area contributed by atoms with Crippen LogP contribution < -0.4 is 16.1 Å². The highest BCUT2D eigenvalue weighted by molar-refractivity contribution is 5.95. The number of rotatable bonds is 3. The molecule has 3 aliphatic rings. The van der Waals surface area contributed by atoms with Gasteiger partial charge >= 0.3 is 5.97 Å². The topological polar surface area (TPSA) is 97.8 Å². The number of hydrogen-bond acceptors (Lipinski definition) is 5. The zero-order valence-corrected chi connectivity index (χ0v) is 15.5. The van der Waals surface area contributed by atoms with Gasteiger partial charge in [0, 0.05) is 36.1 Å². The molecule has 1 aliphatic carbocycles. The van der Waals surface area contributed by atoms with Crippen LogP contribution in [0, 0.1) is 18.7 Å². The van der Waals surface area contributed by atoms with Gasteiger partial charge in [0.25, 0.3) is 0 Å². The Bertz CT molecular complexity index is 1060. The number of hydrogen-bond donors (Lipinski definition) is 2. The highest BCUT2D eigenvalue weighted by atomic mass is 19.1. The normalized spacial score (nSPS) is 26.8. The molecule has 7 nitrogen and oxygen atoms in total. The maximum atomic E-state index is 15.3. The molecule has 0 amide bonds. The van der Waals surface area contributed by atoms with Gasteiger partial charge in [-0.2, -0.15) is 0 Å². The Morgan fingerprint density at radius 3 is 2.79 bits per heavy atom. The summed E-state index contributed by atoms with van der Waals surface area (Å²) in [6.07, 6.45) is 3.24. The molecule has 2 aromatic rings. The number of nitrogens with two attached hydrogens (primary N) is 1. The Kier molecular flexibility index (Phi) is 3.79. The lowest BCUT2D eigenvalue weighted by Gasteiger charge is -2.28. The van der Waals surface area contributed by atoms with Crippen LogP contribution in [0.4, 0.5) is 10.1 Å². The summed E-state index contributed by atoms with van der Waals surface area (Å²) in [6, 6.07) is 1.25. The van der Waals surface area contributed by atoms with Gasteiger partial charge in [-0.05, 0) is 31.4 Å². The SMILES string of the molecule is Cc1c(N2CC(N)C3COCC32)c(F)cc2c(=O)c(C(=O)O)cn(C3CC3)c12. The van der Waals surface area contributed by atoms with Crippen LogP contribution >= 0.6 is 0 Å². The Morgan fingerprint density at radius 1 is 1.36 bits per heavy atom. The Morgan fingerprint density at radius 2 is 2.11 bits per heavy atom. The van der Waals surface area contributed by atoms with E-state index in [1.165, 1.54) is 12.3 Å². The van der Waals surface area contributed by atoms with Crippen molar-refractivity contribution in [1.29, 1.82) is 0 Å². The van der Waals surface area contributed by atoms with E-state index in [1.54, 1.807) is 6.92 Å². The maximum absolute atomic E-state index is 15.3. The van der Waals surface area contributed by atoms with Gasteiger partial charge in [-0.3, -0.25) is 4.79 Å². The van der Waals surface area contributed by atoms with Crippen molar-refractivity contribution in [3.63, 3.8) is 0 Å². The number of aromatic nitrogens is 1. The van der Waals surface area contributed by atoms with Gasteiger partial charge < -0.3 is 25.0 Å². The third-order valence-electron chi connectivity index (χ3n) is 6.39. The smallest absolute Gasteiger partial charge is 0.341 e. The number of anilines is 1. The number of pyridine rings is 1. The molecule has 5 rings (SSSR count). The second-order valence-electron chi connectivity index (χ2n) is 8.13. The van der Waals surface area contributed by atoms with Crippen LogP contribution in [-0.4, -0.2) is 47.5 Å². The maximum Gasteiger partial charge on any atom is 0.341 e. The van der Waals surface area contributed by atoms with Gasteiger partial charge in [0.05, 0.1) is 30.5 Å². The fraction of sp³-hybridized carbons (Fsp3) is 0.500. The molecule has 28 heavy (non-hydrogen) atoms. The molecule has 0 spiro atoms. The predicted molar refractivity (Wildman–Crippen MR) is 102 cm³/mol. The fourth-order valence-corrected chi connectivity index (χ4v) is 4.86. The van der Waals surface area contributed by atoms with Crippen LogP contribution in [0.5, 0.6) is 0 Å². The zero-order valence-electron chi connectivity index (χ0n) is 15.5. The van der Waals surface area contributed by atoms with E-state index in [-0.39, 0.29) is 35.0 Å². The van der Waals surface area contributed by atoms with Gasteiger partial charge in [-0.15, -0.1) is 0 Å². The van der Waals surface area contributed by atoms with Crippen molar-refractivity contribution in [2.24, 2.45) is 11.7 Å². The molecule has 3 N–H and O–H groups in total. The van der Waals surface area contributed by atoms with Gasteiger partial charge in [0.1, 0.15) is 11.4 Å². The first-order chi connectivity index (χ1) is 13.4. The minimum absolute atomic E-state index is 0.0139. The molecule has 1 aromatic carbocycles. The molecule has 3 heterocycles. The van der Waals surface area contributed by atoms with Crippen molar-refractivity contribution in [2.45, 2.75) is 37.9 Å². The molecule has 3 fully saturated rings. The van der Waals surface area contributed by atoms with Gasteiger partial charge in [0.15, 0.2) is 0 Å².